The number of hydrogen-bond donors (Lipinski definition) is 2. The maximum absolute atomic E-state index is 13.9. The molecule has 166 valence electrons. The van der Waals surface area contributed by atoms with Gasteiger partial charge in [-0.25, -0.2) is 9.37 Å². The summed E-state index contributed by atoms with van der Waals surface area (Å²) < 4.78 is 16.1. The lowest BCUT2D eigenvalue weighted by Crippen LogP contribution is -2.21. The number of pyridine rings is 1. The highest BCUT2D eigenvalue weighted by atomic mass is 35.5. The Labute approximate surface area is 189 Å². The van der Waals surface area contributed by atoms with E-state index in [1.165, 1.54) is 6.07 Å². The molecule has 0 spiro atoms. The summed E-state index contributed by atoms with van der Waals surface area (Å²) in [5.41, 5.74) is 5.54. The van der Waals surface area contributed by atoms with Gasteiger partial charge in [0.25, 0.3) is 0 Å². The van der Waals surface area contributed by atoms with Crippen LogP contribution >= 0.6 is 11.6 Å². The average molecular weight is 455 g/mol. The molecule has 8 heteroatoms. The average Bonchev–Trinajstić information content (AvgIpc) is 3.36. The van der Waals surface area contributed by atoms with Gasteiger partial charge in [-0.05, 0) is 61.8 Å². The minimum atomic E-state index is -0.715. The lowest BCUT2D eigenvalue weighted by Gasteiger charge is -2.27. The van der Waals surface area contributed by atoms with Crippen LogP contribution < -0.4 is 0 Å². The van der Waals surface area contributed by atoms with Crippen LogP contribution in [-0.2, 0) is 4.79 Å². The third-order valence-corrected chi connectivity index (χ3v) is 6.90. The first kappa shape index (κ1) is 20.9. The molecule has 3 aromatic heterocycles. The van der Waals surface area contributed by atoms with Crippen molar-refractivity contribution in [2.75, 3.05) is 0 Å². The number of halogens is 2. The van der Waals surface area contributed by atoms with Crippen molar-refractivity contribution in [1.82, 2.24) is 19.7 Å². The number of rotatable bonds is 4. The fourth-order valence-corrected chi connectivity index (χ4v) is 5.29. The monoisotopic (exact) mass is 454 g/mol. The highest BCUT2D eigenvalue weighted by Crippen LogP contribution is 2.45. The van der Waals surface area contributed by atoms with Gasteiger partial charge in [-0.1, -0.05) is 25.4 Å². The van der Waals surface area contributed by atoms with Crippen molar-refractivity contribution in [3.63, 3.8) is 0 Å². The van der Waals surface area contributed by atoms with Crippen molar-refractivity contribution in [2.24, 2.45) is 5.92 Å². The molecule has 0 radical (unpaired) electrons. The van der Waals surface area contributed by atoms with Gasteiger partial charge in [-0.3, -0.25) is 9.89 Å². The fraction of sp³-hybridized carbons (Fsp3) is 0.375. The lowest BCUT2D eigenvalue weighted by molar-refractivity contribution is -0.142. The van der Waals surface area contributed by atoms with Crippen LogP contribution in [-0.4, -0.2) is 30.8 Å². The highest BCUT2D eigenvalue weighted by Gasteiger charge is 2.33. The van der Waals surface area contributed by atoms with Gasteiger partial charge in [0, 0.05) is 22.3 Å². The van der Waals surface area contributed by atoms with Gasteiger partial charge in [0.1, 0.15) is 5.82 Å². The number of aromatic amines is 1. The molecule has 0 bridgehead atoms. The number of H-pyrrole nitrogens is 1. The molecule has 0 atom stereocenters. The largest absolute Gasteiger partial charge is 0.481 e. The van der Waals surface area contributed by atoms with Gasteiger partial charge < -0.3 is 9.67 Å². The fourth-order valence-electron chi connectivity index (χ4n) is 5.11. The Morgan fingerprint density at radius 1 is 1.25 bits per heavy atom. The van der Waals surface area contributed by atoms with Crippen LogP contribution in [0.15, 0.2) is 30.5 Å². The van der Waals surface area contributed by atoms with Crippen LogP contribution in [0.3, 0.4) is 0 Å². The third kappa shape index (κ3) is 3.35. The molecule has 2 N–H and O–H groups in total. The molecule has 5 rings (SSSR count). The number of aliphatic carboxylic acids is 1. The van der Waals surface area contributed by atoms with E-state index in [0.29, 0.717) is 18.5 Å². The zero-order valence-corrected chi connectivity index (χ0v) is 18.7. The first-order valence-electron chi connectivity index (χ1n) is 10.9. The van der Waals surface area contributed by atoms with Crippen molar-refractivity contribution >= 4 is 39.6 Å². The Morgan fingerprint density at radius 3 is 2.66 bits per heavy atom. The number of nitrogens with one attached hydrogen (secondary N) is 1. The van der Waals surface area contributed by atoms with Crippen molar-refractivity contribution in [3.8, 4) is 5.69 Å². The summed E-state index contributed by atoms with van der Waals surface area (Å²) in [6.07, 6.45) is 4.63. The Morgan fingerprint density at radius 2 is 2.00 bits per heavy atom. The van der Waals surface area contributed by atoms with E-state index in [4.69, 9.17) is 16.6 Å². The lowest BCUT2D eigenvalue weighted by atomic mass is 9.77. The molecule has 0 aliphatic heterocycles. The molecule has 1 fully saturated rings. The summed E-state index contributed by atoms with van der Waals surface area (Å²) in [4.78, 5) is 16.4. The predicted molar refractivity (Wildman–Crippen MR) is 122 cm³/mol. The van der Waals surface area contributed by atoms with Crippen molar-refractivity contribution in [1.29, 1.82) is 0 Å². The van der Waals surface area contributed by atoms with E-state index in [2.05, 4.69) is 34.7 Å². The summed E-state index contributed by atoms with van der Waals surface area (Å²) in [6, 6.07) is 6.82. The maximum Gasteiger partial charge on any atom is 0.306 e. The van der Waals surface area contributed by atoms with E-state index in [9.17, 15) is 14.3 Å². The maximum atomic E-state index is 13.9. The summed E-state index contributed by atoms with van der Waals surface area (Å²) in [5, 5.41) is 17.5. The van der Waals surface area contributed by atoms with Gasteiger partial charge in [-0.2, -0.15) is 5.10 Å². The topological polar surface area (TPSA) is 83.8 Å². The molecule has 4 aromatic rings. The molecule has 0 amide bonds. The van der Waals surface area contributed by atoms with Crippen LogP contribution in [0, 0.1) is 11.7 Å². The Hall–Kier alpha value is -2.93. The smallest absolute Gasteiger partial charge is 0.306 e. The van der Waals surface area contributed by atoms with Crippen LogP contribution in [0.5, 0.6) is 0 Å². The normalized spacial score (nSPS) is 19.3. The highest BCUT2D eigenvalue weighted by molar-refractivity contribution is 6.30. The predicted octanol–water partition coefficient (Wildman–Crippen LogP) is 6.18. The molecule has 3 heterocycles. The Bertz CT molecular complexity index is 1340. The van der Waals surface area contributed by atoms with E-state index < -0.39 is 11.8 Å². The van der Waals surface area contributed by atoms with E-state index in [0.717, 1.165) is 46.2 Å². The first-order chi connectivity index (χ1) is 15.3. The summed E-state index contributed by atoms with van der Waals surface area (Å²) in [6.45, 7) is 4.27. The molecular formula is C24H24ClFN4O2. The number of nitrogens with zero attached hydrogens (tertiary/aromatic N) is 3. The standard InChI is InChI=1S/C24H24ClFN4O2/c1-12(2)22-20(13-3-5-14(6-4-13)24(31)32)21-19(9-15-11-27-29-23(15)28-21)30(22)16-7-8-18(26)17(25)10-16/h7-14H,3-6H2,1-2H3,(H,31,32)(H,27,28,29)/t13-,14-. The summed E-state index contributed by atoms with van der Waals surface area (Å²) in [7, 11) is 0. The second-order valence-corrected chi connectivity index (χ2v) is 9.35. The SMILES string of the molecule is CC(C)c1c([C@H]2CC[C@H](C(=O)O)CC2)c2nc3[nH]ncc3cc2n1-c1ccc(F)c(Cl)c1. The number of fused-ring (bicyclic) bond motifs is 2. The first-order valence-corrected chi connectivity index (χ1v) is 11.3. The minimum Gasteiger partial charge on any atom is -0.481 e. The Balaban J connectivity index is 1.78. The second-order valence-electron chi connectivity index (χ2n) is 8.94. The molecule has 32 heavy (non-hydrogen) atoms. The molecule has 1 saturated carbocycles. The van der Waals surface area contributed by atoms with Gasteiger partial charge in [-0.15, -0.1) is 0 Å². The van der Waals surface area contributed by atoms with Gasteiger partial charge >= 0.3 is 5.97 Å². The second kappa shape index (κ2) is 7.89. The summed E-state index contributed by atoms with van der Waals surface area (Å²) in [5.74, 6) is -1.09. The zero-order valence-electron chi connectivity index (χ0n) is 17.9. The zero-order chi connectivity index (χ0) is 22.6. The van der Waals surface area contributed by atoms with E-state index in [1.807, 2.05) is 0 Å². The number of hydrogen-bond acceptors (Lipinski definition) is 3. The van der Waals surface area contributed by atoms with Crippen LogP contribution in [0.25, 0.3) is 27.8 Å². The van der Waals surface area contributed by atoms with E-state index in [1.54, 1.807) is 18.3 Å². The number of benzene rings is 1. The molecule has 0 unspecified atom stereocenters. The summed E-state index contributed by atoms with van der Waals surface area (Å²) >= 11 is 6.15. The molecule has 1 aromatic carbocycles. The number of carboxylic acids is 1. The number of carboxylic acid groups (broad SMARTS) is 1. The van der Waals surface area contributed by atoms with E-state index in [-0.39, 0.29) is 22.8 Å². The van der Waals surface area contributed by atoms with Crippen molar-refractivity contribution in [2.45, 2.75) is 51.4 Å². The van der Waals surface area contributed by atoms with Gasteiger partial charge in [0.15, 0.2) is 5.65 Å². The molecule has 1 aliphatic carbocycles. The van der Waals surface area contributed by atoms with E-state index >= 15 is 0 Å². The van der Waals surface area contributed by atoms with Crippen molar-refractivity contribution < 1.29 is 14.3 Å². The quantitative estimate of drug-likeness (QED) is 0.386. The molecule has 0 saturated heterocycles. The van der Waals surface area contributed by atoms with Crippen LogP contribution in [0.4, 0.5) is 4.39 Å². The number of aromatic nitrogens is 4. The van der Waals surface area contributed by atoms with Crippen molar-refractivity contribution in [3.05, 3.63) is 52.6 Å². The number of carbonyl (C=O) groups is 1. The van der Waals surface area contributed by atoms with Gasteiger partial charge in [0.2, 0.25) is 0 Å². The van der Waals surface area contributed by atoms with Crippen LogP contribution in [0.2, 0.25) is 5.02 Å². The third-order valence-electron chi connectivity index (χ3n) is 6.61. The molecule has 1 aliphatic rings. The Kier molecular flexibility index (Phi) is 5.16. The van der Waals surface area contributed by atoms with Crippen LogP contribution in [0.1, 0.15) is 62.6 Å². The molecule has 6 nitrogen and oxygen atoms in total. The minimum absolute atomic E-state index is 0.0694. The van der Waals surface area contributed by atoms with Gasteiger partial charge in [0.05, 0.1) is 28.2 Å². The molecular weight excluding hydrogens is 431 g/mol.